The number of methoxy groups -OCH3 is 1. The number of esters is 1. The molecule has 29 heavy (non-hydrogen) atoms. The van der Waals surface area contributed by atoms with Gasteiger partial charge < -0.3 is 9.84 Å². The summed E-state index contributed by atoms with van der Waals surface area (Å²) in [6, 6.07) is 4.51. The Kier molecular flexibility index (Phi) is 8.59. The van der Waals surface area contributed by atoms with Crippen molar-refractivity contribution in [3.8, 4) is 0 Å². The third kappa shape index (κ3) is 5.67. The van der Waals surface area contributed by atoms with Gasteiger partial charge in [0, 0.05) is 12.1 Å². The third-order valence-electron chi connectivity index (χ3n) is 3.14. The van der Waals surface area contributed by atoms with E-state index in [1.807, 2.05) is 0 Å². The molecule has 0 saturated heterocycles. The molecule has 2 aromatic rings. The summed E-state index contributed by atoms with van der Waals surface area (Å²) in [6.07, 6.45) is 0. The van der Waals surface area contributed by atoms with Gasteiger partial charge in [-0.3, -0.25) is 20.2 Å². The van der Waals surface area contributed by atoms with Crippen molar-refractivity contribution >= 4 is 69.7 Å². The summed E-state index contributed by atoms with van der Waals surface area (Å²) in [5, 5.41) is 28.7. The molecule has 0 bridgehead atoms. The van der Waals surface area contributed by atoms with Gasteiger partial charge in [-0.2, -0.15) is 0 Å². The maximum atomic E-state index is 11.2. The molecule has 0 spiro atoms. The van der Waals surface area contributed by atoms with Crippen LogP contribution in [0.4, 0.5) is 11.4 Å². The summed E-state index contributed by atoms with van der Waals surface area (Å²) in [4.78, 5) is 41.3. The van der Waals surface area contributed by atoms with Gasteiger partial charge in [-0.25, -0.2) is 9.59 Å². The summed E-state index contributed by atoms with van der Waals surface area (Å²) >= 11 is 22.3. The number of hydrogen-bond acceptors (Lipinski definition) is 7. The number of carbonyl (C=O) groups is 2. The number of benzene rings is 2. The second kappa shape index (κ2) is 10.2. The van der Waals surface area contributed by atoms with Crippen LogP contribution in [-0.4, -0.2) is 34.0 Å². The smallest absolute Gasteiger partial charge is 0.341 e. The fourth-order valence-electron chi connectivity index (χ4n) is 1.85. The van der Waals surface area contributed by atoms with Crippen molar-refractivity contribution in [3.63, 3.8) is 0 Å². The first-order valence-corrected chi connectivity index (χ1v) is 8.51. The van der Waals surface area contributed by atoms with Gasteiger partial charge in [0.2, 0.25) is 0 Å². The lowest BCUT2D eigenvalue weighted by atomic mass is 10.2. The topological polar surface area (TPSA) is 150 Å². The summed E-state index contributed by atoms with van der Waals surface area (Å²) in [6.45, 7) is 0. The molecule has 0 saturated carbocycles. The van der Waals surface area contributed by atoms with Gasteiger partial charge in [-0.05, 0) is 12.1 Å². The average Bonchev–Trinajstić information content (AvgIpc) is 2.61. The highest BCUT2D eigenvalue weighted by Gasteiger charge is 2.24. The molecule has 2 aromatic carbocycles. The molecule has 0 fully saturated rings. The zero-order chi connectivity index (χ0) is 22.5. The number of ether oxygens (including phenoxy) is 1. The highest BCUT2D eigenvalue weighted by molar-refractivity contribution is 6.41. The SMILES string of the molecule is COC(=O)c1c(Cl)ccc([N+](=O)[O-])c1Cl.O=C(O)c1c(Cl)ccc([N+](=O)[O-])c1Cl. The Morgan fingerprint density at radius 1 is 0.862 bits per heavy atom. The van der Waals surface area contributed by atoms with Gasteiger partial charge in [0.15, 0.2) is 0 Å². The molecule has 0 aliphatic rings. The standard InChI is InChI=1S/C8H5Cl2NO4.C7H3Cl2NO4/c1-15-8(12)6-4(9)2-3-5(7(6)10)11(13)14;8-3-1-2-4(10(13)14)6(9)5(3)7(11)12/h2-3H,1H3;1-2H,(H,11,12). The largest absolute Gasteiger partial charge is 0.478 e. The van der Waals surface area contributed by atoms with Crippen LogP contribution in [0, 0.1) is 20.2 Å². The van der Waals surface area contributed by atoms with E-state index >= 15 is 0 Å². The normalized spacial score (nSPS) is 9.83. The maximum absolute atomic E-state index is 11.2. The van der Waals surface area contributed by atoms with Crippen molar-refractivity contribution in [2.24, 2.45) is 0 Å². The third-order valence-corrected chi connectivity index (χ3v) is 4.53. The molecular weight excluding hydrogens is 478 g/mol. The van der Waals surface area contributed by atoms with Crippen LogP contribution in [0.1, 0.15) is 20.7 Å². The second-order valence-electron chi connectivity index (χ2n) is 4.82. The zero-order valence-electron chi connectivity index (χ0n) is 14.0. The first-order chi connectivity index (χ1) is 13.4. The van der Waals surface area contributed by atoms with Crippen LogP contribution in [0.3, 0.4) is 0 Å². The molecule has 0 radical (unpaired) electrons. The fraction of sp³-hybridized carbons (Fsp3) is 0.0667. The average molecular weight is 486 g/mol. The number of nitro benzene ring substituents is 2. The van der Waals surface area contributed by atoms with Gasteiger partial charge >= 0.3 is 11.9 Å². The van der Waals surface area contributed by atoms with Crippen molar-refractivity contribution in [1.29, 1.82) is 0 Å². The van der Waals surface area contributed by atoms with E-state index in [0.29, 0.717) is 0 Å². The first-order valence-electron chi connectivity index (χ1n) is 7.00. The van der Waals surface area contributed by atoms with E-state index < -0.39 is 38.1 Å². The Balaban J connectivity index is 0.000000291. The van der Waals surface area contributed by atoms with Gasteiger partial charge in [-0.15, -0.1) is 0 Å². The Morgan fingerprint density at radius 2 is 1.24 bits per heavy atom. The van der Waals surface area contributed by atoms with Gasteiger partial charge in [-0.1, -0.05) is 46.4 Å². The lowest BCUT2D eigenvalue weighted by Gasteiger charge is -2.04. The number of aromatic carboxylic acids is 1. The predicted octanol–water partition coefficient (Wildman–Crippen LogP) is 5.29. The molecular formula is C15H8Cl4N2O8. The van der Waals surface area contributed by atoms with Crippen LogP contribution in [0.25, 0.3) is 0 Å². The lowest BCUT2D eigenvalue weighted by molar-refractivity contribution is -0.384. The van der Waals surface area contributed by atoms with E-state index in [0.717, 1.165) is 25.3 Å². The second-order valence-corrected chi connectivity index (χ2v) is 6.39. The number of halogens is 4. The first kappa shape index (κ1) is 24.4. The van der Waals surface area contributed by atoms with Crippen molar-refractivity contribution < 1.29 is 29.3 Å². The summed E-state index contributed by atoms with van der Waals surface area (Å²) in [5.41, 5.74) is -1.52. The minimum Gasteiger partial charge on any atom is -0.478 e. The number of rotatable bonds is 4. The molecule has 0 aliphatic heterocycles. The molecule has 0 atom stereocenters. The van der Waals surface area contributed by atoms with E-state index in [4.69, 9.17) is 51.5 Å². The summed E-state index contributed by atoms with van der Waals surface area (Å²) < 4.78 is 4.40. The number of nitro groups is 2. The van der Waals surface area contributed by atoms with Crippen LogP contribution in [0.15, 0.2) is 24.3 Å². The molecule has 0 aliphatic carbocycles. The Hall–Kier alpha value is -2.66. The fourth-order valence-corrected chi connectivity index (χ4v) is 3.05. The minimum atomic E-state index is -1.40. The summed E-state index contributed by atoms with van der Waals surface area (Å²) in [7, 11) is 1.13. The van der Waals surface area contributed by atoms with Crippen LogP contribution in [0.5, 0.6) is 0 Å². The van der Waals surface area contributed by atoms with E-state index in [1.54, 1.807) is 0 Å². The highest BCUT2D eigenvalue weighted by Crippen LogP contribution is 2.34. The van der Waals surface area contributed by atoms with E-state index in [1.165, 1.54) is 6.07 Å². The van der Waals surface area contributed by atoms with Crippen molar-refractivity contribution in [2.75, 3.05) is 7.11 Å². The predicted molar refractivity (Wildman–Crippen MR) is 105 cm³/mol. The maximum Gasteiger partial charge on any atom is 0.341 e. The van der Waals surface area contributed by atoms with Crippen LogP contribution >= 0.6 is 46.4 Å². The molecule has 0 heterocycles. The highest BCUT2D eigenvalue weighted by atomic mass is 35.5. The minimum absolute atomic E-state index is 0.0115. The quantitative estimate of drug-likeness (QED) is 0.348. The number of carbonyl (C=O) groups excluding carboxylic acids is 1. The lowest BCUT2D eigenvalue weighted by Crippen LogP contribution is -2.04. The van der Waals surface area contributed by atoms with Crippen molar-refractivity contribution in [3.05, 3.63) is 75.7 Å². The van der Waals surface area contributed by atoms with Crippen molar-refractivity contribution in [2.45, 2.75) is 0 Å². The molecule has 0 aromatic heterocycles. The van der Waals surface area contributed by atoms with Gasteiger partial charge in [0.25, 0.3) is 11.4 Å². The molecule has 10 nitrogen and oxygen atoms in total. The zero-order valence-corrected chi connectivity index (χ0v) is 17.0. The van der Waals surface area contributed by atoms with Crippen molar-refractivity contribution in [1.82, 2.24) is 0 Å². The molecule has 2 rings (SSSR count). The van der Waals surface area contributed by atoms with Gasteiger partial charge in [0.05, 0.1) is 27.0 Å². The number of nitrogens with zero attached hydrogens (tertiary/aromatic N) is 2. The molecule has 0 unspecified atom stereocenters. The Bertz CT molecular complexity index is 1010. The molecule has 154 valence electrons. The van der Waals surface area contributed by atoms with Crippen LogP contribution in [-0.2, 0) is 4.74 Å². The van der Waals surface area contributed by atoms with E-state index in [9.17, 15) is 29.8 Å². The van der Waals surface area contributed by atoms with E-state index in [-0.39, 0.29) is 26.3 Å². The van der Waals surface area contributed by atoms with Gasteiger partial charge in [0.1, 0.15) is 21.2 Å². The monoisotopic (exact) mass is 484 g/mol. The summed E-state index contributed by atoms with van der Waals surface area (Å²) in [5.74, 6) is -2.21. The van der Waals surface area contributed by atoms with Crippen LogP contribution < -0.4 is 0 Å². The van der Waals surface area contributed by atoms with Crippen LogP contribution in [0.2, 0.25) is 20.1 Å². The number of carboxylic acids is 1. The number of carboxylic acid groups (broad SMARTS) is 1. The molecule has 1 N–H and O–H groups in total. The molecule has 14 heteroatoms. The Morgan fingerprint density at radius 3 is 1.59 bits per heavy atom. The Labute approximate surface area is 181 Å². The van der Waals surface area contributed by atoms with E-state index in [2.05, 4.69) is 4.74 Å². The molecule has 0 amide bonds. The number of hydrogen-bond donors (Lipinski definition) is 1.